The summed E-state index contributed by atoms with van der Waals surface area (Å²) in [7, 11) is 0. The van der Waals surface area contributed by atoms with Gasteiger partial charge in [0.05, 0.1) is 0 Å². The number of ether oxygens (including phenoxy) is 1. The molecule has 1 aromatic heterocycles. The number of nitrogens with zero attached hydrogens (tertiary/aromatic N) is 1. The molecule has 0 saturated heterocycles. The molecular weight excluding hydrogens is 268 g/mol. The van der Waals surface area contributed by atoms with Crippen molar-refractivity contribution in [3.8, 4) is 0 Å². The van der Waals surface area contributed by atoms with Crippen LogP contribution in [0.4, 0.5) is 0 Å². The van der Waals surface area contributed by atoms with Crippen molar-refractivity contribution in [2.75, 3.05) is 0 Å². The summed E-state index contributed by atoms with van der Waals surface area (Å²) in [5.41, 5.74) is -0.437. The molecule has 1 heterocycles. The summed E-state index contributed by atoms with van der Waals surface area (Å²) in [5, 5.41) is 2.92. The summed E-state index contributed by atoms with van der Waals surface area (Å²) in [6.45, 7) is 6.84. The molecule has 5 nitrogen and oxygen atoms in total. The van der Waals surface area contributed by atoms with E-state index in [2.05, 4.69) is 10.3 Å². The number of hydrogen-bond donors (Lipinski definition) is 1. The molecule has 1 N–H and O–H groups in total. The number of pyridine rings is 1. The van der Waals surface area contributed by atoms with E-state index in [1.54, 1.807) is 33.8 Å². The Morgan fingerprint density at radius 1 is 1.42 bits per heavy atom. The van der Waals surface area contributed by atoms with Gasteiger partial charge in [-0.15, -0.1) is 0 Å². The van der Waals surface area contributed by atoms with E-state index < -0.39 is 23.5 Å². The van der Waals surface area contributed by atoms with E-state index in [-0.39, 0.29) is 5.69 Å². The van der Waals surface area contributed by atoms with Crippen molar-refractivity contribution >= 4 is 23.5 Å². The fraction of sp³-hybridized carbons (Fsp3) is 0.462. The minimum Gasteiger partial charge on any atom is -0.458 e. The van der Waals surface area contributed by atoms with E-state index >= 15 is 0 Å². The zero-order valence-electron chi connectivity index (χ0n) is 11.4. The van der Waals surface area contributed by atoms with Crippen LogP contribution in [0.15, 0.2) is 18.3 Å². The van der Waals surface area contributed by atoms with E-state index in [1.165, 1.54) is 12.3 Å². The monoisotopic (exact) mass is 284 g/mol. The smallest absolute Gasteiger partial charge is 0.328 e. The van der Waals surface area contributed by atoms with Crippen LogP contribution >= 0.6 is 11.6 Å². The molecule has 1 amide bonds. The van der Waals surface area contributed by atoms with Crippen molar-refractivity contribution in [1.29, 1.82) is 0 Å². The number of nitrogens with one attached hydrogen (secondary N) is 1. The van der Waals surface area contributed by atoms with Gasteiger partial charge in [0.1, 0.15) is 17.3 Å². The van der Waals surface area contributed by atoms with Gasteiger partial charge in [0.15, 0.2) is 0 Å². The predicted octanol–water partition coefficient (Wildman–Crippen LogP) is 2.20. The first-order valence-electron chi connectivity index (χ1n) is 5.84. The lowest BCUT2D eigenvalue weighted by atomic mass is 10.2. The first-order valence-corrected chi connectivity index (χ1v) is 6.22. The molecule has 0 aliphatic carbocycles. The van der Waals surface area contributed by atoms with Crippen LogP contribution in [0.2, 0.25) is 5.02 Å². The van der Waals surface area contributed by atoms with Crippen LogP contribution in [0.3, 0.4) is 0 Å². The lowest BCUT2D eigenvalue weighted by molar-refractivity contribution is -0.156. The number of carbonyl (C=O) groups is 2. The highest BCUT2D eigenvalue weighted by atomic mass is 35.5. The minimum atomic E-state index is -0.757. The zero-order valence-corrected chi connectivity index (χ0v) is 12.1. The Labute approximate surface area is 117 Å². The molecule has 19 heavy (non-hydrogen) atoms. The standard InChI is InChI=1S/C13H17ClN2O3/c1-8(12(18)19-13(2,3)4)16-11(17)10-7-9(14)5-6-15-10/h5-8H,1-4H3,(H,16,17)/t8-/m0/s1. The van der Waals surface area contributed by atoms with Gasteiger partial charge in [0.25, 0.3) is 5.91 Å². The molecule has 0 radical (unpaired) electrons. The van der Waals surface area contributed by atoms with Crippen molar-refractivity contribution in [3.05, 3.63) is 29.0 Å². The quantitative estimate of drug-likeness (QED) is 0.864. The zero-order chi connectivity index (χ0) is 14.6. The Kier molecular flexibility index (Phi) is 4.89. The summed E-state index contributed by atoms with van der Waals surface area (Å²) in [6.07, 6.45) is 1.43. The van der Waals surface area contributed by atoms with Crippen LogP contribution in [0.25, 0.3) is 0 Å². The van der Waals surface area contributed by atoms with Gasteiger partial charge in [-0.3, -0.25) is 9.78 Å². The normalized spacial score (nSPS) is 12.7. The second-order valence-corrected chi connectivity index (χ2v) is 5.52. The van der Waals surface area contributed by atoms with Crippen LogP contribution in [-0.4, -0.2) is 28.5 Å². The molecule has 0 unspecified atom stereocenters. The number of rotatable bonds is 3. The second-order valence-electron chi connectivity index (χ2n) is 5.09. The highest BCUT2D eigenvalue weighted by Crippen LogP contribution is 2.10. The van der Waals surface area contributed by atoms with Gasteiger partial charge in [0.2, 0.25) is 0 Å². The average molecular weight is 285 g/mol. The number of aromatic nitrogens is 1. The molecule has 0 aliphatic heterocycles. The molecule has 1 rings (SSSR count). The van der Waals surface area contributed by atoms with Crippen molar-refractivity contribution in [1.82, 2.24) is 10.3 Å². The molecule has 6 heteroatoms. The van der Waals surface area contributed by atoms with E-state index in [0.717, 1.165) is 0 Å². The number of esters is 1. The van der Waals surface area contributed by atoms with Gasteiger partial charge in [0, 0.05) is 11.2 Å². The van der Waals surface area contributed by atoms with Crippen molar-refractivity contribution in [3.63, 3.8) is 0 Å². The molecular formula is C13H17ClN2O3. The highest BCUT2D eigenvalue weighted by Gasteiger charge is 2.23. The fourth-order valence-corrected chi connectivity index (χ4v) is 1.41. The summed E-state index contributed by atoms with van der Waals surface area (Å²) in [5.74, 6) is -0.969. The predicted molar refractivity (Wildman–Crippen MR) is 72.0 cm³/mol. The topological polar surface area (TPSA) is 68.3 Å². The lowest BCUT2D eigenvalue weighted by Gasteiger charge is -2.22. The van der Waals surface area contributed by atoms with Gasteiger partial charge in [-0.25, -0.2) is 4.79 Å². The van der Waals surface area contributed by atoms with Gasteiger partial charge >= 0.3 is 5.97 Å². The van der Waals surface area contributed by atoms with Crippen LogP contribution in [0.1, 0.15) is 38.2 Å². The third-order valence-electron chi connectivity index (χ3n) is 2.06. The number of halogens is 1. The Bertz CT molecular complexity index is 483. The molecule has 0 saturated carbocycles. The van der Waals surface area contributed by atoms with E-state index in [1.807, 2.05) is 0 Å². The molecule has 104 valence electrons. The Balaban J connectivity index is 2.64. The van der Waals surface area contributed by atoms with Crippen LogP contribution < -0.4 is 5.32 Å². The number of hydrogen-bond acceptors (Lipinski definition) is 4. The minimum absolute atomic E-state index is 0.155. The second kappa shape index (κ2) is 6.02. The van der Waals surface area contributed by atoms with Gasteiger partial charge in [-0.05, 0) is 39.8 Å². The molecule has 0 aliphatic rings. The van der Waals surface area contributed by atoms with Crippen molar-refractivity contribution < 1.29 is 14.3 Å². The van der Waals surface area contributed by atoms with E-state index in [9.17, 15) is 9.59 Å². The molecule has 0 aromatic carbocycles. The maximum absolute atomic E-state index is 11.8. The SMILES string of the molecule is C[C@H](NC(=O)c1cc(Cl)ccn1)C(=O)OC(C)(C)C. The van der Waals surface area contributed by atoms with Gasteiger partial charge in [-0.2, -0.15) is 0 Å². The molecule has 0 fully saturated rings. The van der Waals surface area contributed by atoms with Crippen molar-refractivity contribution in [2.45, 2.75) is 39.3 Å². The van der Waals surface area contributed by atoms with E-state index in [0.29, 0.717) is 5.02 Å². The first kappa shape index (κ1) is 15.4. The Hall–Kier alpha value is -1.62. The first-order chi connectivity index (χ1) is 8.69. The molecule has 1 aromatic rings. The fourth-order valence-electron chi connectivity index (χ4n) is 1.25. The third-order valence-corrected chi connectivity index (χ3v) is 2.30. The van der Waals surface area contributed by atoms with Crippen LogP contribution in [0.5, 0.6) is 0 Å². The maximum atomic E-state index is 11.8. The summed E-state index contributed by atoms with van der Waals surface area (Å²) in [4.78, 5) is 27.4. The van der Waals surface area contributed by atoms with Crippen molar-refractivity contribution in [2.24, 2.45) is 0 Å². The number of carbonyl (C=O) groups excluding carboxylic acids is 2. The largest absolute Gasteiger partial charge is 0.458 e. The summed E-state index contributed by atoms with van der Waals surface area (Å²) in [6, 6.07) is 2.24. The number of amides is 1. The van der Waals surface area contributed by atoms with Gasteiger partial charge in [-0.1, -0.05) is 11.6 Å². The molecule has 0 bridgehead atoms. The molecule has 0 spiro atoms. The molecule has 1 atom stereocenters. The Morgan fingerprint density at radius 3 is 2.58 bits per heavy atom. The van der Waals surface area contributed by atoms with Gasteiger partial charge < -0.3 is 10.1 Å². The maximum Gasteiger partial charge on any atom is 0.328 e. The van der Waals surface area contributed by atoms with Crippen LogP contribution in [0, 0.1) is 0 Å². The van der Waals surface area contributed by atoms with E-state index in [4.69, 9.17) is 16.3 Å². The Morgan fingerprint density at radius 2 is 2.05 bits per heavy atom. The summed E-state index contributed by atoms with van der Waals surface area (Å²) >= 11 is 5.76. The lowest BCUT2D eigenvalue weighted by Crippen LogP contribution is -2.42. The third kappa shape index (κ3) is 5.26. The summed E-state index contributed by atoms with van der Waals surface area (Å²) < 4.78 is 5.16. The average Bonchev–Trinajstić information content (AvgIpc) is 2.26. The highest BCUT2D eigenvalue weighted by molar-refractivity contribution is 6.30. The van der Waals surface area contributed by atoms with Crippen LogP contribution in [-0.2, 0) is 9.53 Å².